The van der Waals surface area contributed by atoms with Crippen LogP contribution >= 0.6 is 11.8 Å². The Balaban J connectivity index is 1.87. The molecule has 1 N–H and O–H groups in total. The molecule has 1 aromatic carbocycles. The maximum Gasteiger partial charge on any atom is 0.251 e. The minimum Gasteiger partial charge on any atom is -0.493 e. The highest BCUT2D eigenvalue weighted by molar-refractivity contribution is 7.99. The molecule has 0 bridgehead atoms. The Morgan fingerprint density at radius 2 is 1.91 bits per heavy atom. The molecule has 5 heteroatoms. The largest absolute Gasteiger partial charge is 0.493 e. The van der Waals surface area contributed by atoms with Crippen molar-refractivity contribution in [1.29, 1.82) is 0 Å². The van der Waals surface area contributed by atoms with Crippen LogP contribution in [-0.2, 0) is 6.42 Å². The Bertz CT molecular complexity index is 662. The van der Waals surface area contributed by atoms with E-state index in [9.17, 15) is 4.79 Å². The van der Waals surface area contributed by atoms with Crippen LogP contribution in [0.1, 0.15) is 30.2 Å². The van der Waals surface area contributed by atoms with E-state index in [1.54, 1.807) is 6.07 Å². The zero-order valence-corrected chi connectivity index (χ0v) is 14.1. The van der Waals surface area contributed by atoms with Crippen molar-refractivity contribution in [3.63, 3.8) is 0 Å². The fourth-order valence-corrected chi connectivity index (χ4v) is 2.96. The van der Waals surface area contributed by atoms with Gasteiger partial charge in [0, 0.05) is 17.5 Å². The second kappa shape index (κ2) is 8.03. The Labute approximate surface area is 135 Å². The molecule has 0 radical (unpaired) electrons. The number of nitrogens with one attached hydrogen (secondary N) is 1. The van der Waals surface area contributed by atoms with Crippen molar-refractivity contribution in [3.05, 3.63) is 51.4 Å². The Morgan fingerprint density at radius 3 is 2.59 bits per heavy atom. The molecule has 2 rings (SSSR count). The lowest BCUT2D eigenvalue weighted by Gasteiger charge is -2.08. The van der Waals surface area contributed by atoms with E-state index in [0.717, 1.165) is 30.0 Å². The van der Waals surface area contributed by atoms with E-state index in [4.69, 9.17) is 4.74 Å². The van der Waals surface area contributed by atoms with Gasteiger partial charge in [0.1, 0.15) is 5.75 Å². The van der Waals surface area contributed by atoms with Crippen molar-refractivity contribution in [2.24, 2.45) is 0 Å². The van der Waals surface area contributed by atoms with Crippen LogP contribution in [0.3, 0.4) is 0 Å². The van der Waals surface area contributed by atoms with Crippen LogP contribution in [0.15, 0.2) is 34.2 Å². The maximum atomic E-state index is 11.6. The van der Waals surface area contributed by atoms with Gasteiger partial charge in [-0.3, -0.25) is 4.79 Å². The van der Waals surface area contributed by atoms with Gasteiger partial charge in [-0.2, -0.15) is 0 Å². The van der Waals surface area contributed by atoms with E-state index < -0.39 is 0 Å². The SMILES string of the molecule is CCCc1cc(=O)[nH]c(SCCOc2cc(C)cc(C)c2)n1. The number of H-pyrrole nitrogens is 1. The summed E-state index contributed by atoms with van der Waals surface area (Å²) in [7, 11) is 0. The summed E-state index contributed by atoms with van der Waals surface area (Å²) >= 11 is 1.51. The predicted molar refractivity (Wildman–Crippen MR) is 91.0 cm³/mol. The second-order valence-corrected chi connectivity index (χ2v) is 6.40. The smallest absolute Gasteiger partial charge is 0.251 e. The zero-order chi connectivity index (χ0) is 15.9. The van der Waals surface area contributed by atoms with Crippen LogP contribution in [0.4, 0.5) is 0 Å². The third-order valence-electron chi connectivity index (χ3n) is 3.07. The van der Waals surface area contributed by atoms with Crippen molar-refractivity contribution >= 4 is 11.8 Å². The van der Waals surface area contributed by atoms with Crippen molar-refractivity contribution in [2.45, 2.75) is 38.8 Å². The van der Waals surface area contributed by atoms with Gasteiger partial charge in [0.05, 0.1) is 6.61 Å². The number of rotatable bonds is 7. The van der Waals surface area contributed by atoms with E-state index in [1.807, 2.05) is 12.1 Å². The molecule has 0 fully saturated rings. The van der Waals surface area contributed by atoms with Crippen LogP contribution in [-0.4, -0.2) is 22.3 Å². The van der Waals surface area contributed by atoms with Gasteiger partial charge in [-0.15, -0.1) is 0 Å². The summed E-state index contributed by atoms with van der Waals surface area (Å²) in [6.07, 6.45) is 1.81. The van der Waals surface area contributed by atoms with Crippen molar-refractivity contribution in [2.75, 3.05) is 12.4 Å². The van der Waals surface area contributed by atoms with Gasteiger partial charge >= 0.3 is 0 Å². The quantitative estimate of drug-likeness (QED) is 0.482. The fraction of sp³-hybridized carbons (Fsp3) is 0.412. The van der Waals surface area contributed by atoms with E-state index >= 15 is 0 Å². The Hall–Kier alpha value is -1.75. The number of aryl methyl sites for hydroxylation is 3. The Kier molecular flexibility index (Phi) is 6.07. The number of ether oxygens (including phenoxy) is 1. The molecule has 1 heterocycles. The summed E-state index contributed by atoms with van der Waals surface area (Å²) in [5.74, 6) is 1.63. The molecule has 0 aliphatic heterocycles. The average Bonchev–Trinajstić information content (AvgIpc) is 2.42. The molecule has 0 saturated heterocycles. The molecule has 0 atom stereocenters. The molecule has 0 unspecified atom stereocenters. The number of aromatic amines is 1. The minimum atomic E-state index is -0.0869. The van der Waals surface area contributed by atoms with Gasteiger partial charge in [-0.1, -0.05) is 31.2 Å². The first-order valence-corrected chi connectivity index (χ1v) is 8.49. The highest BCUT2D eigenvalue weighted by atomic mass is 32.2. The molecular formula is C17H22N2O2S. The van der Waals surface area contributed by atoms with Gasteiger partial charge in [0.2, 0.25) is 0 Å². The predicted octanol–water partition coefficient (Wildman–Crippen LogP) is 3.51. The lowest BCUT2D eigenvalue weighted by molar-refractivity contribution is 0.343. The van der Waals surface area contributed by atoms with E-state index in [-0.39, 0.29) is 5.56 Å². The molecule has 0 spiro atoms. The van der Waals surface area contributed by atoms with E-state index in [1.165, 1.54) is 22.9 Å². The summed E-state index contributed by atoms with van der Waals surface area (Å²) in [6.45, 7) is 6.77. The summed E-state index contributed by atoms with van der Waals surface area (Å²) in [6, 6.07) is 7.74. The fourth-order valence-electron chi connectivity index (χ4n) is 2.25. The molecule has 0 aliphatic rings. The summed E-state index contributed by atoms with van der Waals surface area (Å²) in [5, 5.41) is 0.667. The summed E-state index contributed by atoms with van der Waals surface area (Å²) < 4.78 is 5.76. The second-order valence-electron chi connectivity index (χ2n) is 5.31. The molecule has 2 aromatic rings. The molecule has 1 aromatic heterocycles. The van der Waals surface area contributed by atoms with Crippen LogP contribution in [0.25, 0.3) is 0 Å². The molecule has 0 amide bonds. The molecule has 0 aliphatic carbocycles. The summed E-state index contributed by atoms with van der Waals surface area (Å²) in [5.41, 5.74) is 3.15. The standard InChI is InChI=1S/C17H22N2O2S/c1-4-5-14-11-16(20)19-17(18-14)22-7-6-21-15-9-12(2)8-13(3)10-15/h8-11H,4-7H2,1-3H3,(H,18,19,20). The van der Waals surface area contributed by atoms with Crippen LogP contribution < -0.4 is 10.3 Å². The highest BCUT2D eigenvalue weighted by Gasteiger charge is 2.03. The minimum absolute atomic E-state index is 0.0869. The van der Waals surface area contributed by atoms with Crippen molar-refractivity contribution in [1.82, 2.24) is 9.97 Å². The number of nitrogens with zero attached hydrogens (tertiary/aromatic N) is 1. The lowest BCUT2D eigenvalue weighted by Crippen LogP contribution is -2.11. The van der Waals surface area contributed by atoms with Gasteiger partial charge < -0.3 is 9.72 Å². The molecule has 22 heavy (non-hydrogen) atoms. The van der Waals surface area contributed by atoms with Crippen LogP contribution in [0.5, 0.6) is 5.75 Å². The summed E-state index contributed by atoms with van der Waals surface area (Å²) in [4.78, 5) is 18.8. The number of hydrogen-bond acceptors (Lipinski definition) is 4. The maximum absolute atomic E-state index is 11.6. The molecular weight excluding hydrogens is 296 g/mol. The number of benzene rings is 1. The van der Waals surface area contributed by atoms with Gasteiger partial charge in [0.25, 0.3) is 5.56 Å². The number of aromatic nitrogens is 2. The third kappa shape index (κ3) is 5.22. The normalized spacial score (nSPS) is 10.7. The zero-order valence-electron chi connectivity index (χ0n) is 13.3. The number of thioether (sulfide) groups is 1. The monoisotopic (exact) mass is 318 g/mol. The van der Waals surface area contributed by atoms with Crippen LogP contribution in [0.2, 0.25) is 0 Å². The van der Waals surface area contributed by atoms with Gasteiger partial charge in [-0.25, -0.2) is 4.98 Å². The van der Waals surface area contributed by atoms with Gasteiger partial charge in [0.15, 0.2) is 5.16 Å². The van der Waals surface area contributed by atoms with Crippen LogP contribution in [0, 0.1) is 13.8 Å². The average molecular weight is 318 g/mol. The molecule has 118 valence electrons. The van der Waals surface area contributed by atoms with Gasteiger partial charge in [-0.05, 0) is 43.5 Å². The topological polar surface area (TPSA) is 55.0 Å². The van der Waals surface area contributed by atoms with E-state index in [0.29, 0.717) is 11.8 Å². The van der Waals surface area contributed by atoms with E-state index in [2.05, 4.69) is 36.8 Å². The number of hydrogen-bond donors (Lipinski definition) is 1. The first-order chi connectivity index (χ1) is 10.6. The molecule has 0 saturated carbocycles. The van der Waals surface area contributed by atoms with Crippen molar-refractivity contribution < 1.29 is 4.74 Å². The molecule has 4 nitrogen and oxygen atoms in total. The highest BCUT2D eigenvalue weighted by Crippen LogP contribution is 2.17. The third-order valence-corrected chi connectivity index (χ3v) is 3.90. The first-order valence-electron chi connectivity index (χ1n) is 7.51. The van der Waals surface area contributed by atoms with Crippen molar-refractivity contribution in [3.8, 4) is 5.75 Å². The Morgan fingerprint density at radius 1 is 1.18 bits per heavy atom. The lowest BCUT2D eigenvalue weighted by atomic mass is 10.1. The first kappa shape index (κ1) is 16.6.